The van der Waals surface area contributed by atoms with Gasteiger partial charge in [-0.3, -0.25) is 9.69 Å². The van der Waals surface area contributed by atoms with Gasteiger partial charge in [0.15, 0.2) is 0 Å². The van der Waals surface area contributed by atoms with Gasteiger partial charge in [0.25, 0.3) is 0 Å². The summed E-state index contributed by atoms with van der Waals surface area (Å²) in [6, 6.07) is 1.67. The van der Waals surface area contributed by atoms with E-state index in [-0.39, 0.29) is 5.91 Å². The van der Waals surface area contributed by atoms with Gasteiger partial charge in [0.1, 0.15) is 17.1 Å². The van der Waals surface area contributed by atoms with Crippen molar-refractivity contribution in [2.24, 2.45) is 0 Å². The molecule has 0 N–H and O–H groups in total. The maximum atomic E-state index is 12.0. The van der Waals surface area contributed by atoms with Gasteiger partial charge in [0.05, 0.1) is 20.2 Å². The van der Waals surface area contributed by atoms with Crippen molar-refractivity contribution in [2.75, 3.05) is 33.8 Å². The summed E-state index contributed by atoms with van der Waals surface area (Å²) in [6.45, 7) is 7.82. The van der Waals surface area contributed by atoms with Gasteiger partial charge >= 0.3 is 5.97 Å². The molecule has 1 aromatic heterocycles. The van der Waals surface area contributed by atoms with Crippen LogP contribution in [0.1, 0.15) is 35.7 Å². The Bertz CT molecular complexity index is 492. The molecule has 0 aliphatic heterocycles. The fraction of sp³-hybridized carbons (Fsp3) is 0.600. The first kappa shape index (κ1) is 17.2. The summed E-state index contributed by atoms with van der Waals surface area (Å²) in [5.41, 5.74) is 0.427. The summed E-state index contributed by atoms with van der Waals surface area (Å²) in [5.74, 6) is 0.839. The van der Waals surface area contributed by atoms with E-state index in [1.54, 1.807) is 17.9 Å². The second-order valence-corrected chi connectivity index (χ2v) is 4.91. The van der Waals surface area contributed by atoms with E-state index in [9.17, 15) is 9.59 Å². The van der Waals surface area contributed by atoms with Crippen molar-refractivity contribution in [3.05, 3.63) is 23.2 Å². The van der Waals surface area contributed by atoms with Crippen molar-refractivity contribution in [2.45, 2.75) is 27.3 Å². The van der Waals surface area contributed by atoms with Crippen LogP contribution in [0, 0.1) is 6.92 Å². The van der Waals surface area contributed by atoms with E-state index >= 15 is 0 Å². The zero-order valence-corrected chi connectivity index (χ0v) is 13.4. The lowest BCUT2D eigenvalue weighted by molar-refractivity contribution is -0.131. The number of ether oxygens (including phenoxy) is 1. The first-order valence-electron chi connectivity index (χ1n) is 7.06. The Labute approximate surface area is 125 Å². The number of rotatable bonds is 7. The highest BCUT2D eigenvalue weighted by Gasteiger charge is 2.18. The van der Waals surface area contributed by atoms with Crippen molar-refractivity contribution in [1.29, 1.82) is 0 Å². The smallest absolute Gasteiger partial charge is 0.341 e. The minimum absolute atomic E-state index is 0.0824. The summed E-state index contributed by atoms with van der Waals surface area (Å²) >= 11 is 0. The first-order valence-corrected chi connectivity index (χ1v) is 7.06. The molecule has 1 rings (SSSR count). The molecule has 0 bridgehead atoms. The SMILES string of the molecule is CCN(CC)C(=O)CN(C)Cc1cc(C(=O)OC)c(C)o1. The van der Waals surface area contributed by atoms with E-state index in [0.29, 0.717) is 43.3 Å². The zero-order chi connectivity index (χ0) is 16.0. The number of amides is 1. The van der Waals surface area contributed by atoms with Gasteiger partial charge in [-0.05, 0) is 33.9 Å². The van der Waals surface area contributed by atoms with Gasteiger partial charge in [-0.15, -0.1) is 0 Å². The molecule has 0 radical (unpaired) electrons. The van der Waals surface area contributed by atoms with Crippen LogP contribution < -0.4 is 0 Å². The lowest BCUT2D eigenvalue weighted by Gasteiger charge is -2.22. The van der Waals surface area contributed by atoms with Crippen LogP contribution in [0.4, 0.5) is 0 Å². The Kier molecular flexibility index (Phi) is 6.42. The minimum Gasteiger partial charge on any atom is -0.465 e. The molecule has 1 heterocycles. The largest absolute Gasteiger partial charge is 0.465 e. The fourth-order valence-corrected chi connectivity index (χ4v) is 2.16. The average molecular weight is 296 g/mol. The Balaban J connectivity index is 2.65. The van der Waals surface area contributed by atoms with E-state index in [2.05, 4.69) is 4.74 Å². The van der Waals surface area contributed by atoms with Gasteiger partial charge in [-0.1, -0.05) is 0 Å². The molecule has 118 valence electrons. The van der Waals surface area contributed by atoms with Crippen LogP contribution in [0.3, 0.4) is 0 Å². The fourth-order valence-electron chi connectivity index (χ4n) is 2.16. The number of esters is 1. The van der Waals surface area contributed by atoms with Gasteiger partial charge in [0.2, 0.25) is 5.91 Å². The molecule has 0 saturated carbocycles. The van der Waals surface area contributed by atoms with Crippen molar-refractivity contribution >= 4 is 11.9 Å². The topological polar surface area (TPSA) is 63.0 Å². The molecule has 0 spiro atoms. The van der Waals surface area contributed by atoms with Crippen LogP contribution >= 0.6 is 0 Å². The summed E-state index contributed by atoms with van der Waals surface area (Å²) in [5, 5.41) is 0. The van der Waals surface area contributed by atoms with E-state index in [1.165, 1.54) is 7.11 Å². The normalized spacial score (nSPS) is 10.8. The predicted octanol–water partition coefficient (Wildman–Crippen LogP) is 1.67. The molecule has 21 heavy (non-hydrogen) atoms. The Morgan fingerprint density at radius 2 is 1.90 bits per heavy atom. The Morgan fingerprint density at radius 1 is 1.29 bits per heavy atom. The van der Waals surface area contributed by atoms with E-state index < -0.39 is 5.97 Å². The van der Waals surface area contributed by atoms with Gasteiger partial charge < -0.3 is 14.1 Å². The van der Waals surface area contributed by atoms with E-state index in [0.717, 1.165) is 0 Å². The molecule has 1 aromatic rings. The highest BCUT2D eigenvalue weighted by Crippen LogP contribution is 2.16. The summed E-state index contributed by atoms with van der Waals surface area (Å²) < 4.78 is 10.2. The number of hydrogen-bond donors (Lipinski definition) is 0. The molecule has 0 fully saturated rings. The number of likely N-dealkylation sites (N-methyl/N-ethyl adjacent to an activating group) is 2. The summed E-state index contributed by atoms with van der Waals surface area (Å²) in [7, 11) is 3.18. The molecule has 0 atom stereocenters. The maximum Gasteiger partial charge on any atom is 0.341 e. The third-order valence-corrected chi connectivity index (χ3v) is 3.32. The third-order valence-electron chi connectivity index (χ3n) is 3.32. The van der Waals surface area contributed by atoms with Crippen LogP contribution in [0.2, 0.25) is 0 Å². The maximum absolute atomic E-state index is 12.0. The predicted molar refractivity (Wildman–Crippen MR) is 79.0 cm³/mol. The van der Waals surface area contributed by atoms with Gasteiger partial charge in [-0.25, -0.2) is 4.79 Å². The second kappa shape index (κ2) is 7.83. The van der Waals surface area contributed by atoms with Crippen molar-refractivity contribution in [3.8, 4) is 0 Å². The van der Waals surface area contributed by atoms with Crippen LogP contribution in [0.25, 0.3) is 0 Å². The highest BCUT2D eigenvalue weighted by molar-refractivity contribution is 5.90. The Morgan fingerprint density at radius 3 is 2.43 bits per heavy atom. The van der Waals surface area contributed by atoms with E-state index in [1.807, 2.05) is 25.8 Å². The standard InChI is InChI=1S/C15H24N2O4/c1-6-17(7-2)14(18)10-16(4)9-12-8-13(11(3)21-12)15(19)20-5/h8H,6-7,9-10H2,1-5H3. The van der Waals surface area contributed by atoms with Crippen LogP contribution in [-0.2, 0) is 16.1 Å². The van der Waals surface area contributed by atoms with Crippen LogP contribution in [-0.4, -0.2) is 55.5 Å². The molecule has 0 aliphatic rings. The number of furan rings is 1. The van der Waals surface area contributed by atoms with Crippen LogP contribution in [0.5, 0.6) is 0 Å². The summed E-state index contributed by atoms with van der Waals surface area (Å²) in [6.07, 6.45) is 0. The third kappa shape index (κ3) is 4.60. The van der Waals surface area contributed by atoms with Gasteiger partial charge in [-0.2, -0.15) is 0 Å². The van der Waals surface area contributed by atoms with Crippen molar-refractivity contribution in [1.82, 2.24) is 9.80 Å². The van der Waals surface area contributed by atoms with Crippen LogP contribution in [0.15, 0.2) is 10.5 Å². The number of hydrogen-bond acceptors (Lipinski definition) is 5. The minimum atomic E-state index is -0.413. The van der Waals surface area contributed by atoms with E-state index in [4.69, 9.17) is 4.42 Å². The molecule has 6 heteroatoms. The molecule has 0 aliphatic carbocycles. The lowest BCUT2D eigenvalue weighted by Crippen LogP contribution is -2.38. The Hall–Kier alpha value is -1.82. The molecule has 1 amide bonds. The lowest BCUT2D eigenvalue weighted by atomic mass is 10.2. The number of carbonyl (C=O) groups excluding carboxylic acids is 2. The molecular formula is C15H24N2O4. The molecule has 0 saturated heterocycles. The van der Waals surface area contributed by atoms with Gasteiger partial charge in [0, 0.05) is 13.1 Å². The molecule has 6 nitrogen and oxygen atoms in total. The number of carbonyl (C=O) groups is 2. The highest BCUT2D eigenvalue weighted by atomic mass is 16.5. The molecule has 0 aromatic carbocycles. The van der Waals surface area contributed by atoms with Crippen molar-refractivity contribution in [3.63, 3.8) is 0 Å². The average Bonchev–Trinajstić information content (AvgIpc) is 2.79. The number of nitrogens with zero attached hydrogens (tertiary/aromatic N) is 2. The monoisotopic (exact) mass is 296 g/mol. The zero-order valence-electron chi connectivity index (χ0n) is 13.4. The summed E-state index contributed by atoms with van der Waals surface area (Å²) in [4.78, 5) is 27.2. The molecule has 0 unspecified atom stereocenters. The quantitative estimate of drug-likeness (QED) is 0.716. The number of methoxy groups -OCH3 is 1. The first-order chi connectivity index (χ1) is 9.92. The van der Waals surface area contributed by atoms with Crippen molar-refractivity contribution < 1.29 is 18.7 Å². The molecular weight excluding hydrogens is 272 g/mol. The second-order valence-electron chi connectivity index (χ2n) is 4.91. The number of aryl methyl sites for hydroxylation is 1.